The maximum atomic E-state index is 13.1. The molecule has 138 valence electrons. The van der Waals surface area contributed by atoms with Gasteiger partial charge in [0.25, 0.3) is 5.91 Å². The fraction of sp³-hybridized carbons (Fsp3) is 0.474. The lowest BCUT2D eigenvalue weighted by Gasteiger charge is -2.25. The lowest BCUT2D eigenvalue weighted by atomic mass is 10.2. The highest BCUT2D eigenvalue weighted by molar-refractivity contribution is 7.22. The van der Waals surface area contributed by atoms with E-state index in [1.807, 2.05) is 6.07 Å². The number of anilines is 1. The number of carbonyl (C=O) groups excluding carboxylic acids is 1. The normalized spacial score (nSPS) is 19.7. The number of nitrogens with zero attached hydrogens (tertiary/aromatic N) is 2. The smallest absolute Gasteiger partial charge is 0.298 e. The SMILES string of the molecule is CCc1ccc2nc(N(CC3CCCO3)C(=O)C3=COCCO3)sc2c1. The third-order valence-corrected chi connectivity index (χ3v) is 5.64. The van der Waals surface area contributed by atoms with Crippen LogP contribution in [0.2, 0.25) is 0 Å². The lowest BCUT2D eigenvalue weighted by Crippen LogP contribution is -2.39. The zero-order chi connectivity index (χ0) is 17.9. The van der Waals surface area contributed by atoms with Crippen molar-refractivity contribution in [2.24, 2.45) is 0 Å². The molecule has 0 spiro atoms. The second-order valence-electron chi connectivity index (χ2n) is 6.40. The number of thiazole rings is 1. The highest BCUT2D eigenvalue weighted by atomic mass is 32.1. The van der Waals surface area contributed by atoms with Crippen molar-refractivity contribution in [1.82, 2.24) is 4.98 Å². The van der Waals surface area contributed by atoms with Crippen molar-refractivity contribution in [3.8, 4) is 0 Å². The van der Waals surface area contributed by atoms with Gasteiger partial charge in [-0.15, -0.1) is 0 Å². The Labute approximate surface area is 156 Å². The van der Waals surface area contributed by atoms with Crippen LogP contribution in [0.1, 0.15) is 25.3 Å². The minimum absolute atomic E-state index is 0.0299. The van der Waals surface area contributed by atoms with E-state index in [2.05, 4.69) is 19.1 Å². The van der Waals surface area contributed by atoms with Crippen LogP contribution in [0.3, 0.4) is 0 Å². The van der Waals surface area contributed by atoms with Crippen LogP contribution in [0.4, 0.5) is 5.13 Å². The lowest BCUT2D eigenvalue weighted by molar-refractivity contribution is -0.120. The van der Waals surface area contributed by atoms with E-state index < -0.39 is 0 Å². The number of aromatic nitrogens is 1. The Morgan fingerprint density at radius 1 is 1.35 bits per heavy atom. The van der Waals surface area contributed by atoms with Gasteiger partial charge in [-0.3, -0.25) is 9.69 Å². The molecule has 2 aliphatic rings. The van der Waals surface area contributed by atoms with Gasteiger partial charge in [0.15, 0.2) is 5.13 Å². The average molecular weight is 374 g/mol. The topological polar surface area (TPSA) is 60.9 Å². The Kier molecular flexibility index (Phi) is 5.08. The minimum atomic E-state index is -0.227. The van der Waals surface area contributed by atoms with Gasteiger partial charge in [-0.2, -0.15) is 0 Å². The van der Waals surface area contributed by atoms with Crippen LogP contribution in [0.15, 0.2) is 30.2 Å². The van der Waals surface area contributed by atoms with Crippen molar-refractivity contribution < 1.29 is 19.0 Å². The second-order valence-corrected chi connectivity index (χ2v) is 7.41. The quantitative estimate of drug-likeness (QED) is 0.804. The molecule has 26 heavy (non-hydrogen) atoms. The fourth-order valence-electron chi connectivity index (χ4n) is 3.15. The number of rotatable bonds is 5. The molecule has 0 bridgehead atoms. The summed E-state index contributed by atoms with van der Waals surface area (Å²) in [6, 6.07) is 6.24. The number of hydrogen-bond donors (Lipinski definition) is 0. The van der Waals surface area contributed by atoms with Crippen LogP contribution in [-0.4, -0.2) is 43.4 Å². The van der Waals surface area contributed by atoms with Crippen LogP contribution in [0, 0.1) is 0 Å². The number of amides is 1. The molecular formula is C19H22N2O4S. The first-order valence-electron chi connectivity index (χ1n) is 9.02. The molecule has 2 aliphatic heterocycles. The summed E-state index contributed by atoms with van der Waals surface area (Å²) in [7, 11) is 0. The zero-order valence-electron chi connectivity index (χ0n) is 14.8. The van der Waals surface area contributed by atoms with Crippen LogP contribution < -0.4 is 4.90 Å². The monoisotopic (exact) mass is 374 g/mol. The Morgan fingerprint density at radius 2 is 2.27 bits per heavy atom. The molecule has 4 rings (SSSR count). The summed E-state index contributed by atoms with van der Waals surface area (Å²) in [5.41, 5.74) is 2.17. The predicted octanol–water partition coefficient (Wildman–Crippen LogP) is 3.26. The summed E-state index contributed by atoms with van der Waals surface area (Å²) in [6.07, 6.45) is 4.37. The number of carbonyl (C=O) groups is 1. The molecule has 3 heterocycles. The fourth-order valence-corrected chi connectivity index (χ4v) is 4.18. The number of hydrogen-bond acceptors (Lipinski definition) is 6. The number of benzene rings is 1. The molecule has 1 saturated heterocycles. The first-order valence-corrected chi connectivity index (χ1v) is 9.83. The molecule has 1 fully saturated rings. The summed E-state index contributed by atoms with van der Waals surface area (Å²) in [5.74, 6) is -0.00211. The molecule has 0 N–H and O–H groups in total. The van der Waals surface area contributed by atoms with E-state index in [9.17, 15) is 4.79 Å². The molecule has 0 radical (unpaired) electrons. The largest absolute Gasteiger partial charge is 0.494 e. The number of fused-ring (bicyclic) bond motifs is 1. The zero-order valence-corrected chi connectivity index (χ0v) is 15.6. The van der Waals surface area contributed by atoms with Gasteiger partial charge in [-0.25, -0.2) is 4.98 Å². The Bertz CT molecular complexity index is 826. The Morgan fingerprint density at radius 3 is 3.00 bits per heavy atom. The van der Waals surface area contributed by atoms with Crippen LogP contribution in [0.5, 0.6) is 0 Å². The molecule has 1 unspecified atom stereocenters. The van der Waals surface area contributed by atoms with Gasteiger partial charge in [0.2, 0.25) is 5.76 Å². The van der Waals surface area contributed by atoms with Gasteiger partial charge in [-0.1, -0.05) is 24.3 Å². The first kappa shape index (κ1) is 17.3. The average Bonchev–Trinajstić information content (AvgIpc) is 3.34. The highest BCUT2D eigenvalue weighted by Gasteiger charge is 2.30. The van der Waals surface area contributed by atoms with Crippen LogP contribution in [0.25, 0.3) is 10.2 Å². The van der Waals surface area contributed by atoms with Gasteiger partial charge >= 0.3 is 0 Å². The molecule has 0 saturated carbocycles. The third kappa shape index (κ3) is 3.54. The van der Waals surface area contributed by atoms with E-state index in [4.69, 9.17) is 19.2 Å². The van der Waals surface area contributed by atoms with Gasteiger partial charge in [0.1, 0.15) is 19.5 Å². The van der Waals surface area contributed by atoms with Gasteiger partial charge in [-0.05, 0) is 37.0 Å². The Hall–Kier alpha value is -2.12. The van der Waals surface area contributed by atoms with E-state index in [0.717, 1.165) is 36.1 Å². The van der Waals surface area contributed by atoms with Gasteiger partial charge in [0, 0.05) is 6.61 Å². The highest BCUT2D eigenvalue weighted by Crippen LogP contribution is 2.32. The predicted molar refractivity (Wildman–Crippen MR) is 100 cm³/mol. The third-order valence-electron chi connectivity index (χ3n) is 4.60. The van der Waals surface area contributed by atoms with Gasteiger partial charge < -0.3 is 14.2 Å². The summed E-state index contributed by atoms with van der Waals surface area (Å²) in [5, 5.41) is 0.670. The first-order chi connectivity index (χ1) is 12.7. The van der Waals surface area contributed by atoms with Crippen LogP contribution in [-0.2, 0) is 25.4 Å². The van der Waals surface area contributed by atoms with E-state index >= 15 is 0 Å². The van der Waals surface area contributed by atoms with E-state index in [1.54, 1.807) is 4.90 Å². The Balaban J connectivity index is 1.66. The molecule has 0 aliphatic carbocycles. The van der Waals surface area contributed by atoms with Crippen molar-refractivity contribution in [2.75, 3.05) is 31.3 Å². The molecule has 7 heteroatoms. The van der Waals surface area contributed by atoms with Crippen molar-refractivity contribution in [3.63, 3.8) is 0 Å². The van der Waals surface area contributed by atoms with Crippen molar-refractivity contribution in [2.45, 2.75) is 32.3 Å². The maximum Gasteiger partial charge on any atom is 0.298 e. The standard InChI is InChI=1S/C19H22N2O4S/c1-2-13-5-6-15-17(10-13)26-19(20-15)21(11-14-4-3-7-24-14)18(22)16-12-23-8-9-25-16/h5-6,10,12,14H,2-4,7-9,11H2,1H3. The van der Waals surface area contributed by atoms with Gasteiger partial charge in [0.05, 0.1) is 22.9 Å². The molecule has 1 atom stereocenters. The maximum absolute atomic E-state index is 13.1. The summed E-state index contributed by atoms with van der Waals surface area (Å²) < 4.78 is 17.6. The van der Waals surface area contributed by atoms with Crippen molar-refractivity contribution >= 4 is 32.6 Å². The molecule has 2 aromatic rings. The van der Waals surface area contributed by atoms with E-state index in [-0.39, 0.29) is 17.8 Å². The van der Waals surface area contributed by atoms with Crippen molar-refractivity contribution in [1.29, 1.82) is 0 Å². The molecule has 6 nitrogen and oxygen atoms in total. The number of ether oxygens (including phenoxy) is 3. The summed E-state index contributed by atoms with van der Waals surface area (Å²) in [4.78, 5) is 19.4. The number of aryl methyl sites for hydroxylation is 1. The molecular weight excluding hydrogens is 352 g/mol. The molecule has 1 amide bonds. The van der Waals surface area contributed by atoms with E-state index in [1.165, 1.54) is 23.2 Å². The minimum Gasteiger partial charge on any atom is -0.494 e. The summed E-state index contributed by atoms with van der Waals surface area (Å²) >= 11 is 1.53. The second kappa shape index (κ2) is 7.63. The summed E-state index contributed by atoms with van der Waals surface area (Å²) in [6.45, 7) is 4.19. The van der Waals surface area contributed by atoms with Crippen LogP contribution >= 0.6 is 11.3 Å². The molecule has 1 aromatic heterocycles. The van der Waals surface area contributed by atoms with Crippen molar-refractivity contribution in [3.05, 3.63) is 35.8 Å². The van der Waals surface area contributed by atoms with E-state index in [0.29, 0.717) is 24.9 Å². The molecule has 1 aromatic carbocycles.